The van der Waals surface area contributed by atoms with Gasteiger partial charge in [0.05, 0.1) is 6.04 Å². The van der Waals surface area contributed by atoms with Crippen LogP contribution in [0.15, 0.2) is 0 Å². The summed E-state index contributed by atoms with van der Waals surface area (Å²) in [6.07, 6.45) is 5.98. The van der Waals surface area contributed by atoms with Gasteiger partial charge in [-0.2, -0.15) is 0 Å². The molecule has 0 aromatic heterocycles. The van der Waals surface area contributed by atoms with E-state index in [4.69, 9.17) is 0 Å². The summed E-state index contributed by atoms with van der Waals surface area (Å²) in [6, 6.07) is 0.115. The summed E-state index contributed by atoms with van der Waals surface area (Å²) in [5.74, 6) is 0.0821. The van der Waals surface area contributed by atoms with Crippen LogP contribution < -0.4 is 16.0 Å². The average molecular weight is 269 g/mol. The molecule has 1 rings (SSSR count). The first-order chi connectivity index (χ1) is 9.13. The molecule has 1 aliphatic carbocycles. The molecule has 0 bridgehead atoms. The Morgan fingerprint density at radius 2 is 1.89 bits per heavy atom. The molecule has 110 valence electrons. The van der Waals surface area contributed by atoms with Crippen molar-refractivity contribution in [2.75, 3.05) is 13.1 Å². The molecule has 0 aromatic carbocycles. The van der Waals surface area contributed by atoms with E-state index in [0.717, 1.165) is 25.8 Å². The summed E-state index contributed by atoms with van der Waals surface area (Å²) in [4.78, 5) is 23.3. The molecular formula is C14H27N3O2. The molecule has 1 fully saturated rings. The topological polar surface area (TPSA) is 70.2 Å². The summed E-state index contributed by atoms with van der Waals surface area (Å²) in [5, 5.41) is 8.95. The fraction of sp³-hybridized carbons (Fsp3) is 0.857. The third-order valence-corrected chi connectivity index (χ3v) is 3.47. The van der Waals surface area contributed by atoms with E-state index in [1.807, 2.05) is 13.8 Å². The van der Waals surface area contributed by atoms with Crippen molar-refractivity contribution in [1.29, 1.82) is 0 Å². The lowest BCUT2D eigenvalue weighted by molar-refractivity contribution is -0.124. The van der Waals surface area contributed by atoms with Crippen molar-refractivity contribution >= 4 is 11.8 Å². The fourth-order valence-corrected chi connectivity index (χ4v) is 2.24. The van der Waals surface area contributed by atoms with Gasteiger partial charge in [-0.1, -0.05) is 19.8 Å². The second-order valence-corrected chi connectivity index (χ2v) is 5.27. The number of carbonyl (C=O) groups is 2. The first kappa shape index (κ1) is 16.0. The number of hydrogen-bond acceptors (Lipinski definition) is 3. The maximum atomic E-state index is 11.9. The quantitative estimate of drug-likeness (QED) is 0.614. The largest absolute Gasteiger partial charge is 0.356 e. The van der Waals surface area contributed by atoms with Crippen LogP contribution in [0.5, 0.6) is 0 Å². The van der Waals surface area contributed by atoms with E-state index in [-0.39, 0.29) is 17.9 Å². The van der Waals surface area contributed by atoms with E-state index in [0.29, 0.717) is 19.0 Å². The molecule has 0 aliphatic heterocycles. The smallest absolute Gasteiger partial charge is 0.237 e. The number of rotatable bonds is 8. The molecular weight excluding hydrogens is 242 g/mol. The molecule has 0 heterocycles. The van der Waals surface area contributed by atoms with Crippen molar-refractivity contribution in [3.63, 3.8) is 0 Å². The van der Waals surface area contributed by atoms with Crippen molar-refractivity contribution in [3.8, 4) is 0 Å². The Labute approximate surface area is 115 Å². The van der Waals surface area contributed by atoms with Crippen molar-refractivity contribution < 1.29 is 9.59 Å². The fourth-order valence-electron chi connectivity index (χ4n) is 2.24. The van der Waals surface area contributed by atoms with E-state index in [1.165, 1.54) is 12.8 Å². The van der Waals surface area contributed by atoms with E-state index >= 15 is 0 Å². The van der Waals surface area contributed by atoms with Gasteiger partial charge < -0.3 is 16.0 Å². The Hall–Kier alpha value is -1.10. The minimum Gasteiger partial charge on any atom is -0.356 e. The minimum atomic E-state index is -0.237. The average Bonchev–Trinajstić information content (AvgIpc) is 2.88. The highest BCUT2D eigenvalue weighted by Gasteiger charge is 2.20. The van der Waals surface area contributed by atoms with E-state index in [2.05, 4.69) is 16.0 Å². The zero-order chi connectivity index (χ0) is 14.1. The third-order valence-electron chi connectivity index (χ3n) is 3.47. The number of hydrogen-bond donors (Lipinski definition) is 3. The summed E-state index contributed by atoms with van der Waals surface area (Å²) in [6.45, 7) is 5.12. The Morgan fingerprint density at radius 3 is 2.53 bits per heavy atom. The second-order valence-electron chi connectivity index (χ2n) is 5.27. The zero-order valence-electron chi connectivity index (χ0n) is 12.1. The van der Waals surface area contributed by atoms with Crippen molar-refractivity contribution in [1.82, 2.24) is 16.0 Å². The molecule has 2 amide bonds. The maximum absolute atomic E-state index is 11.9. The lowest BCUT2D eigenvalue weighted by Crippen LogP contribution is -2.46. The molecule has 0 spiro atoms. The maximum Gasteiger partial charge on any atom is 0.237 e. The van der Waals surface area contributed by atoms with Crippen molar-refractivity contribution in [2.45, 2.75) is 64.5 Å². The number of carbonyl (C=O) groups excluding carboxylic acids is 2. The molecule has 3 N–H and O–H groups in total. The van der Waals surface area contributed by atoms with Gasteiger partial charge >= 0.3 is 0 Å². The lowest BCUT2D eigenvalue weighted by Gasteiger charge is -2.17. The van der Waals surface area contributed by atoms with E-state index < -0.39 is 0 Å². The van der Waals surface area contributed by atoms with Crippen LogP contribution in [-0.2, 0) is 9.59 Å². The minimum absolute atomic E-state index is 0.0396. The predicted octanol–water partition coefficient (Wildman–Crippen LogP) is 0.940. The molecule has 1 unspecified atom stereocenters. The van der Waals surface area contributed by atoms with Crippen LogP contribution in [0.3, 0.4) is 0 Å². The molecule has 5 heteroatoms. The summed E-state index contributed by atoms with van der Waals surface area (Å²) in [5.41, 5.74) is 0. The first-order valence-corrected chi connectivity index (χ1v) is 7.44. The molecule has 19 heavy (non-hydrogen) atoms. The van der Waals surface area contributed by atoms with Gasteiger partial charge in [-0.25, -0.2) is 0 Å². The van der Waals surface area contributed by atoms with E-state index in [1.54, 1.807) is 0 Å². The van der Waals surface area contributed by atoms with Gasteiger partial charge in [-0.15, -0.1) is 0 Å². The van der Waals surface area contributed by atoms with Gasteiger partial charge in [-0.05, 0) is 26.2 Å². The van der Waals surface area contributed by atoms with Gasteiger partial charge in [0.2, 0.25) is 11.8 Å². The monoisotopic (exact) mass is 269 g/mol. The second kappa shape index (κ2) is 8.91. The molecule has 0 radical (unpaired) electrons. The van der Waals surface area contributed by atoms with Crippen LogP contribution >= 0.6 is 0 Å². The van der Waals surface area contributed by atoms with Crippen LogP contribution in [0.25, 0.3) is 0 Å². The molecule has 0 aromatic rings. The summed E-state index contributed by atoms with van der Waals surface area (Å²) < 4.78 is 0. The Bertz CT molecular complexity index is 288. The molecule has 1 atom stereocenters. The Kier molecular flexibility index (Phi) is 7.48. The van der Waals surface area contributed by atoms with Gasteiger partial charge in [0, 0.05) is 25.6 Å². The SMILES string of the molecule is CCCNC(=O)CCNC(C)C(=O)NC1CCCC1. The number of amides is 2. The van der Waals surface area contributed by atoms with Gasteiger partial charge in [0.15, 0.2) is 0 Å². The summed E-state index contributed by atoms with van der Waals surface area (Å²) >= 11 is 0. The first-order valence-electron chi connectivity index (χ1n) is 7.44. The Morgan fingerprint density at radius 1 is 1.21 bits per heavy atom. The van der Waals surface area contributed by atoms with Crippen molar-refractivity contribution in [3.05, 3.63) is 0 Å². The van der Waals surface area contributed by atoms with Gasteiger partial charge in [-0.3, -0.25) is 9.59 Å². The molecule has 5 nitrogen and oxygen atoms in total. The predicted molar refractivity (Wildman–Crippen MR) is 75.8 cm³/mol. The van der Waals surface area contributed by atoms with Crippen LogP contribution in [0.1, 0.15) is 52.4 Å². The highest BCUT2D eigenvalue weighted by atomic mass is 16.2. The van der Waals surface area contributed by atoms with Crippen LogP contribution in [0.2, 0.25) is 0 Å². The molecule has 1 aliphatic rings. The van der Waals surface area contributed by atoms with Crippen LogP contribution in [-0.4, -0.2) is 37.0 Å². The molecule has 0 saturated heterocycles. The zero-order valence-corrected chi connectivity index (χ0v) is 12.1. The third kappa shape index (κ3) is 6.57. The Balaban J connectivity index is 2.10. The van der Waals surface area contributed by atoms with E-state index in [9.17, 15) is 9.59 Å². The normalized spacial score (nSPS) is 17.2. The van der Waals surface area contributed by atoms with Crippen molar-refractivity contribution in [2.24, 2.45) is 0 Å². The lowest BCUT2D eigenvalue weighted by atomic mass is 10.2. The van der Waals surface area contributed by atoms with Crippen LogP contribution in [0.4, 0.5) is 0 Å². The highest BCUT2D eigenvalue weighted by molar-refractivity contribution is 5.81. The highest BCUT2D eigenvalue weighted by Crippen LogP contribution is 2.17. The van der Waals surface area contributed by atoms with Gasteiger partial charge in [0.25, 0.3) is 0 Å². The van der Waals surface area contributed by atoms with Crippen LogP contribution in [0, 0.1) is 0 Å². The number of nitrogens with one attached hydrogen (secondary N) is 3. The summed E-state index contributed by atoms with van der Waals surface area (Å²) in [7, 11) is 0. The van der Waals surface area contributed by atoms with Gasteiger partial charge in [0.1, 0.15) is 0 Å². The standard InChI is InChI=1S/C14H27N3O2/c1-3-9-16-13(18)8-10-15-11(2)14(19)17-12-6-4-5-7-12/h11-12,15H,3-10H2,1-2H3,(H,16,18)(H,17,19). The molecule has 1 saturated carbocycles.